The number of thiazole rings is 2. The van der Waals surface area contributed by atoms with E-state index in [-0.39, 0.29) is 31.3 Å². The molecule has 3 N–H and O–H groups in total. The molecule has 0 spiro atoms. The van der Waals surface area contributed by atoms with E-state index >= 15 is 0 Å². The maximum atomic E-state index is 13.8. The van der Waals surface area contributed by atoms with Crippen LogP contribution in [0.1, 0.15) is 48.1 Å². The molecule has 1 saturated heterocycles. The van der Waals surface area contributed by atoms with E-state index in [2.05, 4.69) is 20.6 Å². The number of fused-ring (bicyclic) bond motifs is 1. The van der Waals surface area contributed by atoms with Crippen molar-refractivity contribution in [2.75, 3.05) is 6.54 Å². The van der Waals surface area contributed by atoms with Crippen LogP contribution in [0.15, 0.2) is 48.4 Å². The highest BCUT2D eigenvalue weighted by molar-refractivity contribution is 7.18. The summed E-state index contributed by atoms with van der Waals surface area (Å²) in [5, 5.41) is 16.2. The quantitative estimate of drug-likeness (QED) is 0.308. The van der Waals surface area contributed by atoms with Crippen LogP contribution < -0.4 is 10.6 Å². The van der Waals surface area contributed by atoms with Gasteiger partial charge in [0.15, 0.2) is 4.96 Å². The second-order valence-electron chi connectivity index (χ2n) is 11.1. The zero-order valence-electron chi connectivity index (χ0n) is 22.7. The molecule has 0 bridgehead atoms. The van der Waals surface area contributed by atoms with Gasteiger partial charge in [0, 0.05) is 38.1 Å². The van der Waals surface area contributed by atoms with Gasteiger partial charge in [-0.05, 0) is 23.5 Å². The molecule has 10 nitrogen and oxygen atoms in total. The van der Waals surface area contributed by atoms with Crippen LogP contribution in [0.2, 0.25) is 0 Å². The number of imidazole rings is 1. The van der Waals surface area contributed by atoms with Gasteiger partial charge in [0.05, 0.1) is 22.2 Å². The number of nitrogens with one attached hydrogen (secondary N) is 2. The normalized spacial score (nSPS) is 18.2. The zero-order chi connectivity index (χ0) is 28.6. The van der Waals surface area contributed by atoms with E-state index in [1.165, 1.54) is 16.2 Å². The number of likely N-dealkylation sites (tertiary alicyclic amines) is 1. The molecule has 0 radical (unpaired) electrons. The number of aliphatic hydroxyl groups excluding tert-OH is 1. The van der Waals surface area contributed by atoms with Crippen molar-refractivity contribution < 1.29 is 19.5 Å². The smallest absolute Gasteiger partial charge is 0.263 e. The Morgan fingerprint density at radius 1 is 1.18 bits per heavy atom. The number of benzene rings is 1. The van der Waals surface area contributed by atoms with Gasteiger partial charge in [0.25, 0.3) is 5.91 Å². The fraction of sp³-hybridized carbons (Fsp3) is 0.393. The Bertz CT molecular complexity index is 1510. The van der Waals surface area contributed by atoms with Crippen LogP contribution in [0.25, 0.3) is 15.4 Å². The van der Waals surface area contributed by atoms with E-state index in [4.69, 9.17) is 0 Å². The van der Waals surface area contributed by atoms with E-state index in [0.29, 0.717) is 9.84 Å². The van der Waals surface area contributed by atoms with Crippen molar-refractivity contribution in [3.63, 3.8) is 0 Å². The number of β-amino-alcohol motifs (C(OH)–C–C–N with tert-alkyl or cyclic N) is 1. The molecule has 0 aliphatic carbocycles. The van der Waals surface area contributed by atoms with Gasteiger partial charge in [-0.25, -0.2) is 9.97 Å². The number of aromatic nitrogens is 3. The fourth-order valence-electron chi connectivity index (χ4n) is 4.82. The van der Waals surface area contributed by atoms with Gasteiger partial charge in [-0.3, -0.25) is 18.8 Å². The standard InChI is InChI=1S/C28H32N6O4S2/c1-16-22(39-15-31-16)18-7-5-17(6-8-18)12-30-24(36)20-11-19(35)13-34(20)26(38)23(28(2,3)4)32-25(37)21-14-33-10-9-29-27(33)40-21/h5-10,14-15,19-20,23,35H,11-13H2,1-4H3,(H,30,36)(H,32,37)/t19-,20+,23-/m1/s1. The van der Waals surface area contributed by atoms with Gasteiger partial charge in [-0.15, -0.1) is 11.3 Å². The van der Waals surface area contributed by atoms with Crippen molar-refractivity contribution in [1.29, 1.82) is 0 Å². The molecule has 3 atom stereocenters. The average molecular weight is 581 g/mol. The number of aliphatic hydroxyl groups is 1. The van der Waals surface area contributed by atoms with E-state index in [1.807, 2.05) is 57.5 Å². The minimum atomic E-state index is -0.905. The third-order valence-corrected chi connectivity index (χ3v) is 8.98. The number of carbonyl (C=O) groups is 3. The summed E-state index contributed by atoms with van der Waals surface area (Å²) in [5.41, 5.74) is 4.14. The van der Waals surface area contributed by atoms with Gasteiger partial charge in [0.2, 0.25) is 11.8 Å². The van der Waals surface area contributed by atoms with Crippen molar-refractivity contribution in [2.45, 2.75) is 58.8 Å². The third-order valence-electron chi connectivity index (χ3n) is 7.00. The molecule has 5 rings (SSSR count). The van der Waals surface area contributed by atoms with Crippen LogP contribution in [0, 0.1) is 12.3 Å². The molecule has 12 heteroatoms. The molecule has 3 aromatic heterocycles. The number of aryl methyl sites for hydroxylation is 1. The van der Waals surface area contributed by atoms with E-state index in [0.717, 1.165) is 21.7 Å². The molecule has 4 heterocycles. The molecular weight excluding hydrogens is 548 g/mol. The Kier molecular flexibility index (Phi) is 7.76. The number of carbonyl (C=O) groups excluding carboxylic acids is 3. The van der Waals surface area contributed by atoms with Crippen LogP contribution in [0.3, 0.4) is 0 Å². The van der Waals surface area contributed by atoms with Crippen LogP contribution in [0.4, 0.5) is 0 Å². The van der Waals surface area contributed by atoms with E-state index in [9.17, 15) is 19.5 Å². The Hall–Kier alpha value is -3.61. The molecule has 1 aliphatic heterocycles. The van der Waals surface area contributed by atoms with Crippen molar-refractivity contribution in [3.05, 3.63) is 64.5 Å². The molecule has 1 fully saturated rings. The molecule has 0 unspecified atom stereocenters. The van der Waals surface area contributed by atoms with Gasteiger partial charge in [-0.2, -0.15) is 0 Å². The third kappa shape index (κ3) is 5.79. The Labute approximate surface area is 240 Å². The van der Waals surface area contributed by atoms with Crippen molar-refractivity contribution in [2.24, 2.45) is 5.41 Å². The van der Waals surface area contributed by atoms with Gasteiger partial charge < -0.3 is 20.6 Å². The summed E-state index contributed by atoms with van der Waals surface area (Å²) in [6, 6.07) is 6.16. The topological polar surface area (TPSA) is 129 Å². The fourth-order valence-corrected chi connectivity index (χ4v) is 6.47. The maximum absolute atomic E-state index is 13.8. The largest absolute Gasteiger partial charge is 0.391 e. The highest BCUT2D eigenvalue weighted by Crippen LogP contribution is 2.29. The number of amides is 3. The lowest BCUT2D eigenvalue weighted by Crippen LogP contribution is -2.57. The molecule has 40 heavy (non-hydrogen) atoms. The van der Waals surface area contributed by atoms with Gasteiger partial charge in [0.1, 0.15) is 17.0 Å². The zero-order valence-corrected chi connectivity index (χ0v) is 24.4. The molecule has 1 aliphatic rings. The summed E-state index contributed by atoms with van der Waals surface area (Å²) in [4.78, 5) is 52.2. The van der Waals surface area contributed by atoms with Crippen LogP contribution in [0.5, 0.6) is 0 Å². The minimum Gasteiger partial charge on any atom is -0.391 e. The molecule has 3 amide bonds. The molecule has 210 valence electrons. The van der Waals surface area contributed by atoms with Crippen LogP contribution in [-0.2, 0) is 16.1 Å². The molecule has 0 saturated carbocycles. The number of rotatable bonds is 7. The first-order chi connectivity index (χ1) is 19.0. The summed E-state index contributed by atoms with van der Waals surface area (Å²) < 4.78 is 1.75. The monoisotopic (exact) mass is 580 g/mol. The number of hydrogen-bond acceptors (Lipinski definition) is 8. The van der Waals surface area contributed by atoms with Gasteiger partial charge >= 0.3 is 0 Å². The van der Waals surface area contributed by atoms with Crippen molar-refractivity contribution >= 4 is 45.4 Å². The SMILES string of the molecule is Cc1ncsc1-c1ccc(CNC(=O)[C@@H]2C[C@@H](O)CN2C(=O)[C@@H](NC(=O)c2cn3ccnc3s2)C(C)(C)C)cc1. The first-order valence-electron chi connectivity index (χ1n) is 13.0. The molecular formula is C28H32N6O4S2. The number of hydrogen-bond donors (Lipinski definition) is 3. The van der Waals surface area contributed by atoms with Gasteiger partial charge in [-0.1, -0.05) is 56.4 Å². The summed E-state index contributed by atoms with van der Waals surface area (Å²) in [5.74, 6) is -1.13. The predicted molar refractivity (Wildman–Crippen MR) is 154 cm³/mol. The maximum Gasteiger partial charge on any atom is 0.263 e. The van der Waals surface area contributed by atoms with Crippen LogP contribution >= 0.6 is 22.7 Å². The van der Waals surface area contributed by atoms with E-state index < -0.39 is 29.5 Å². The Morgan fingerprint density at radius 2 is 1.93 bits per heavy atom. The lowest BCUT2D eigenvalue weighted by molar-refractivity contribution is -0.142. The first kappa shape index (κ1) is 27.9. The Balaban J connectivity index is 1.26. The summed E-state index contributed by atoms with van der Waals surface area (Å²) >= 11 is 2.81. The predicted octanol–water partition coefficient (Wildman–Crippen LogP) is 3.25. The highest BCUT2D eigenvalue weighted by Gasteiger charge is 2.44. The van der Waals surface area contributed by atoms with Crippen LogP contribution in [-0.4, -0.2) is 66.8 Å². The van der Waals surface area contributed by atoms with Crippen molar-refractivity contribution in [1.82, 2.24) is 29.9 Å². The summed E-state index contributed by atoms with van der Waals surface area (Å²) in [7, 11) is 0. The molecule has 4 aromatic rings. The van der Waals surface area contributed by atoms with E-state index in [1.54, 1.807) is 34.3 Å². The second-order valence-corrected chi connectivity index (χ2v) is 12.9. The number of nitrogens with zero attached hydrogens (tertiary/aromatic N) is 4. The summed E-state index contributed by atoms with van der Waals surface area (Å²) in [6.45, 7) is 7.85. The highest BCUT2D eigenvalue weighted by atomic mass is 32.1. The summed E-state index contributed by atoms with van der Waals surface area (Å²) in [6.07, 6.45) is 4.38. The van der Waals surface area contributed by atoms with Crippen molar-refractivity contribution in [3.8, 4) is 10.4 Å². The Morgan fingerprint density at radius 3 is 2.58 bits per heavy atom. The lowest BCUT2D eigenvalue weighted by Gasteiger charge is -2.35. The first-order valence-corrected chi connectivity index (χ1v) is 14.7. The molecule has 1 aromatic carbocycles. The average Bonchev–Trinajstić information content (AvgIpc) is 3.69. The second kappa shape index (κ2) is 11.1. The lowest BCUT2D eigenvalue weighted by atomic mass is 9.85. The minimum absolute atomic E-state index is 0.0229.